The van der Waals surface area contributed by atoms with Gasteiger partial charge in [-0.25, -0.2) is 4.79 Å². The number of ether oxygens (including phenoxy) is 2. The predicted octanol–water partition coefficient (Wildman–Crippen LogP) is 3.09. The van der Waals surface area contributed by atoms with E-state index in [-0.39, 0.29) is 17.5 Å². The maximum atomic E-state index is 11.5. The van der Waals surface area contributed by atoms with Crippen LogP contribution in [0.25, 0.3) is 0 Å². The number of carbonyl (C=O) groups is 1. The van der Waals surface area contributed by atoms with E-state index in [9.17, 15) is 4.79 Å². The van der Waals surface area contributed by atoms with Crippen LogP contribution in [0.5, 0.6) is 0 Å². The molecule has 0 heterocycles. The van der Waals surface area contributed by atoms with Crippen LogP contribution in [0.4, 0.5) is 0 Å². The van der Waals surface area contributed by atoms with Crippen molar-refractivity contribution in [1.29, 1.82) is 0 Å². The van der Waals surface area contributed by atoms with Gasteiger partial charge in [0.1, 0.15) is 5.60 Å². The largest absolute Gasteiger partial charge is 0.456 e. The Morgan fingerprint density at radius 2 is 2.06 bits per heavy atom. The van der Waals surface area contributed by atoms with Gasteiger partial charge in [0.15, 0.2) is 0 Å². The first-order valence-electron chi connectivity index (χ1n) is 6.58. The molecular formula is C14H24O3. The molecule has 0 radical (unpaired) electrons. The first kappa shape index (κ1) is 14.2. The van der Waals surface area contributed by atoms with Crippen molar-refractivity contribution in [1.82, 2.24) is 0 Å². The maximum absolute atomic E-state index is 11.5. The molecule has 98 valence electrons. The topological polar surface area (TPSA) is 35.5 Å². The third-order valence-electron chi connectivity index (χ3n) is 3.64. The standard InChI is InChI=1S/C14H24O3/c1-4-13(15)17-14(9-7-6-8-10-14)12(3)11-16-5-2/h4,12H,1,5-11H2,2-3H3. The molecule has 0 bridgehead atoms. The Kier molecular flexibility index (Phi) is 5.69. The van der Waals surface area contributed by atoms with Gasteiger partial charge in [0.2, 0.25) is 0 Å². The lowest BCUT2D eigenvalue weighted by Crippen LogP contribution is -2.44. The molecular weight excluding hydrogens is 216 g/mol. The molecule has 0 aromatic carbocycles. The first-order chi connectivity index (χ1) is 8.14. The maximum Gasteiger partial charge on any atom is 0.330 e. The lowest BCUT2D eigenvalue weighted by atomic mass is 9.76. The number of hydrogen-bond donors (Lipinski definition) is 0. The average Bonchev–Trinajstić information content (AvgIpc) is 2.36. The Bertz CT molecular complexity index is 254. The lowest BCUT2D eigenvalue weighted by Gasteiger charge is -2.41. The molecule has 1 aliphatic carbocycles. The fraction of sp³-hybridized carbons (Fsp3) is 0.786. The molecule has 17 heavy (non-hydrogen) atoms. The third kappa shape index (κ3) is 3.84. The highest BCUT2D eigenvalue weighted by atomic mass is 16.6. The second kappa shape index (κ2) is 6.80. The lowest BCUT2D eigenvalue weighted by molar-refractivity contribution is -0.167. The summed E-state index contributed by atoms with van der Waals surface area (Å²) < 4.78 is 11.1. The van der Waals surface area contributed by atoms with Crippen molar-refractivity contribution in [2.45, 2.75) is 51.6 Å². The van der Waals surface area contributed by atoms with E-state index in [0.717, 1.165) is 25.7 Å². The van der Waals surface area contributed by atoms with Crippen molar-refractivity contribution in [3.63, 3.8) is 0 Å². The van der Waals surface area contributed by atoms with Crippen LogP contribution in [0.15, 0.2) is 12.7 Å². The minimum absolute atomic E-state index is 0.242. The van der Waals surface area contributed by atoms with E-state index >= 15 is 0 Å². The molecule has 0 amide bonds. The summed E-state index contributed by atoms with van der Waals surface area (Å²) >= 11 is 0. The molecule has 0 saturated heterocycles. The number of hydrogen-bond acceptors (Lipinski definition) is 3. The van der Waals surface area contributed by atoms with E-state index in [1.165, 1.54) is 12.5 Å². The van der Waals surface area contributed by atoms with Gasteiger partial charge in [-0.3, -0.25) is 0 Å². The van der Waals surface area contributed by atoms with Gasteiger partial charge in [-0.05, 0) is 32.6 Å². The molecule has 0 aliphatic heterocycles. The van der Waals surface area contributed by atoms with Gasteiger partial charge in [0.25, 0.3) is 0 Å². The minimum atomic E-state index is -0.335. The molecule has 3 nitrogen and oxygen atoms in total. The minimum Gasteiger partial charge on any atom is -0.456 e. The quantitative estimate of drug-likeness (QED) is 0.528. The van der Waals surface area contributed by atoms with Gasteiger partial charge >= 0.3 is 5.97 Å². The summed E-state index contributed by atoms with van der Waals surface area (Å²) in [6.45, 7) is 8.92. The highest BCUT2D eigenvalue weighted by Crippen LogP contribution is 2.38. The summed E-state index contributed by atoms with van der Waals surface area (Å²) in [5.74, 6) is -0.0677. The van der Waals surface area contributed by atoms with Crippen LogP contribution in [-0.4, -0.2) is 24.8 Å². The van der Waals surface area contributed by atoms with Gasteiger partial charge in [0, 0.05) is 18.6 Å². The van der Waals surface area contributed by atoms with Crippen LogP contribution < -0.4 is 0 Å². The molecule has 1 unspecified atom stereocenters. The molecule has 1 atom stereocenters. The van der Waals surface area contributed by atoms with Gasteiger partial charge < -0.3 is 9.47 Å². The fourth-order valence-corrected chi connectivity index (χ4v) is 2.53. The molecule has 3 heteroatoms. The molecule has 0 aromatic heterocycles. The van der Waals surface area contributed by atoms with E-state index in [2.05, 4.69) is 13.5 Å². The van der Waals surface area contributed by atoms with Crippen LogP contribution in [0.3, 0.4) is 0 Å². The van der Waals surface area contributed by atoms with Gasteiger partial charge in [-0.2, -0.15) is 0 Å². The van der Waals surface area contributed by atoms with Crippen molar-refractivity contribution in [2.24, 2.45) is 5.92 Å². The average molecular weight is 240 g/mol. The van der Waals surface area contributed by atoms with E-state index in [4.69, 9.17) is 9.47 Å². The predicted molar refractivity (Wildman–Crippen MR) is 67.8 cm³/mol. The van der Waals surface area contributed by atoms with Gasteiger partial charge in [-0.15, -0.1) is 0 Å². The summed E-state index contributed by atoms with van der Waals surface area (Å²) in [7, 11) is 0. The van der Waals surface area contributed by atoms with Crippen LogP contribution in [0.1, 0.15) is 46.0 Å². The van der Waals surface area contributed by atoms with Crippen molar-refractivity contribution >= 4 is 5.97 Å². The fourth-order valence-electron chi connectivity index (χ4n) is 2.53. The summed E-state index contributed by atoms with van der Waals surface area (Å²) in [5.41, 5.74) is -0.335. The Labute approximate surface area is 104 Å². The third-order valence-corrected chi connectivity index (χ3v) is 3.64. The Morgan fingerprint density at radius 1 is 1.41 bits per heavy atom. The van der Waals surface area contributed by atoms with Crippen molar-refractivity contribution in [3.8, 4) is 0 Å². The van der Waals surface area contributed by atoms with Gasteiger partial charge in [0.05, 0.1) is 6.61 Å². The summed E-state index contributed by atoms with van der Waals surface area (Å²) in [4.78, 5) is 11.5. The normalized spacial score (nSPS) is 20.6. The van der Waals surface area contributed by atoms with Crippen molar-refractivity contribution in [2.75, 3.05) is 13.2 Å². The smallest absolute Gasteiger partial charge is 0.330 e. The van der Waals surface area contributed by atoms with Crippen LogP contribution in [0, 0.1) is 5.92 Å². The molecule has 0 N–H and O–H groups in total. The van der Waals surface area contributed by atoms with Crippen molar-refractivity contribution < 1.29 is 14.3 Å². The van der Waals surface area contributed by atoms with E-state index in [0.29, 0.717) is 13.2 Å². The number of rotatable bonds is 6. The van der Waals surface area contributed by atoms with E-state index in [1.807, 2.05) is 6.92 Å². The summed E-state index contributed by atoms with van der Waals surface area (Å²) in [6.07, 6.45) is 6.63. The molecule has 1 aliphatic rings. The first-order valence-corrected chi connectivity index (χ1v) is 6.58. The van der Waals surface area contributed by atoms with Crippen LogP contribution in [0.2, 0.25) is 0 Å². The van der Waals surface area contributed by atoms with Gasteiger partial charge in [-0.1, -0.05) is 19.9 Å². The molecule has 1 rings (SSSR count). The Balaban J connectivity index is 2.69. The summed E-state index contributed by atoms with van der Waals surface area (Å²) in [6, 6.07) is 0. The second-order valence-electron chi connectivity index (χ2n) is 4.81. The number of esters is 1. The Hall–Kier alpha value is -0.830. The highest BCUT2D eigenvalue weighted by molar-refractivity contribution is 5.81. The molecule has 1 saturated carbocycles. The van der Waals surface area contributed by atoms with E-state index < -0.39 is 0 Å². The Morgan fingerprint density at radius 3 is 2.59 bits per heavy atom. The molecule has 1 fully saturated rings. The van der Waals surface area contributed by atoms with Crippen LogP contribution in [-0.2, 0) is 14.3 Å². The highest BCUT2D eigenvalue weighted by Gasteiger charge is 2.40. The molecule has 0 spiro atoms. The van der Waals surface area contributed by atoms with Crippen LogP contribution >= 0.6 is 0 Å². The summed E-state index contributed by atoms with van der Waals surface area (Å²) in [5, 5.41) is 0. The zero-order chi connectivity index (χ0) is 12.7. The SMILES string of the molecule is C=CC(=O)OC1(C(C)COCC)CCCCC1. The zero-order valence-electron chi connectivity index (χ0n) is 11.0. The number of carbonyl (C=O) groups excluding carboxylic acids is 1. The second-order valence-corrected chi connectivity index (χ2v) is 4.81. The molecule has 0 aromatic rings. The zero-order valence-corrected chi connectivity index (χ0v) is 11.0. The van der Waals surface area contributed by atoms with E-state index in [1.54, 1.807) is 0 Å². The van der Waals surface area contributed by atoms with Crippen molar-refractivity contribution in [3.05, 3.63) is 12.7 Å². The monoisotopic (exact) mass is 240 g/mol.